The minimum atomic E-state index is -0.0772. The van der Waals surface area contributed by atoms with Gasteiger partial charge >= 0.3 is 0 Å². The Labute approximate surface area is 318 Å². The summed E-state index contributed by atoms with van der Waals surface area (Å²) in [4.78, 5) is 12.3. The van der Waals surface area contributed by atoms with E-state index in [9.17, 15) is 0 Å². The van der Waals surface area contributed by atoms with Crippen LogP contribution in [-0.2, 0) is 5.41 Å². The van der Waals surface area contributed by atoms with E-state index in [1.807, 2.05) is 24.4 Å². The standard InChI is InChI=1S/C50H36N4O/c1-50(2)40-16-8-10-18-43(40)54(48(50)33-12-4-3-5-13-33)36-26-22-34(23-27-36)49-51-31-30-41(52-49)32-20-24-35(25-21-32)53-42-17-9-6-15-39(42)46-44(53)29-28-38-37-14-7-11-19-45(37)55-47(38)46/h3-31,48H,1-2H3. The van der Waals surface area contributed by atoms with Crippen molar-refractivity contribution in [1.82, 2.24) is 14.5 Å². The predicted octanol–water partition coefficient (Wildman–Crippen LogP) is 13.0. The number of hydrogen-bond acceptors (Lipinski definition) is 4. The van der Waals surface area contributed by atoms with E-state index in [0.29, 0.717) is 5.82 Å². The average Bonchev–Trinajstić information content (AvgIpc) is 3.87. The Hall–Kier alpha value is -6.98. The first-order valence-corrected chi connectivity index (χ1v) is 18.9. The van der Waals surface area contributed by atoms with Gasteiger partial charge in [-0.3, -0.25) is 0 Å². The second-order valence-corrected chi connectivity index (χ2v) is 15.1. The zero-order valence-corrected chi connectivity index (χ0v) is 30.5. The maximum absolute atomic E-state index is 6.50. The number of rotatable bonds is 5. The van der Waals surface area contributed by atoms with Gasteiger partial charge in [-0.05, 0) is 83.9 Å². The molecule has 1 atom stereocenters. The highest BCUT2D eigenvalue weighted by atomic mass is 16.3. The molecule has 11 rings (SSSR count). The fourth-order valence-electron chi connectivity index (χ4n) is 9.05. The third kappa shape index (κ3) is 4.79. The molecule has 7 aromatic carbocycles. The molecule has 3 aromatic heterocycles. The van der Waals surface area contributed by atoms with Gasteiger partial charge in [-0.1, -0.05) is 111 Å². The van der Waals surface area contributed by atoms with Crippen LogP contribution in [0.3, 0.4) is 0 Å². The fraction of sp³-hybridized carbons (Fsp3) is 0.0800. The van der Waals surface area contributed by atoms with Crippen molar-refractivity contribution in [3.8, 4) is 28.3 Å². The van der Waals surface area contributed by atoms with Gasteiger partial charge in [-0.25, -0.2) is 9.97 Å². The summed E-state index contributed by atoms with van der Waals surface area (Å²) in [5.41, 5.74) is 13.0. The first-order chi connectivity index (χ1) is 27.0. The summed E-state index contributed by atoms with van der Waals surface area (Å²) in [6.45, 7) is 4.71. The topological polar surface area (TPSA) is 47.1 Å². The van der Waals surface area contributed by atoms with Crippen LogP contribution in [0.25, 0.3) is 72.1 Å². The molecule has 0 N–H and O–H groups in total. The number of benzene rings is 7. The van der Waals surface area contributed by atoms with E-state index in [-0.39, 0.29) is 11.5 Å². The van der Waals surface area contributed by atoms with Crippen molar-refractivity contribution in [3.63, 3.8) is 0 Å². The highest BCUT2D eigenvalue weighted by molar-refractivity contribution is 6.23. The Bertz CT molecular complexity index is 3070. The largest absolute Gasteiger partial charge is 0.455 e. The van der Waals surface area contributed by atoms with E-state index in [0.717, 1.165) is 66.6 Å². The third-order valence-corrected chi connectivity index (χ3v) is 11.6. The molecule has 1 aliphatic heterocycles. The average molecular weight is 709 g/mol. The monoisotopic (exact) mass is 708 g/mol. The van der Waals surface area contributed by atoms with Crippen LogP contribution < -0.4 is 4.90 Å². The fourth-order valence-corrected chi connectivity index (χ4v) is 9.05. The first-order valence-electron chi connectivity index (χ1n) is 18.9. The minimum absolute atomic E-state index is 0.0772. The van der Waals surface area contributed by atoms with E-state index >= 15 is 0 Å². The lowest BCUT2D eigenvalue weighted by atomic mass is 9.77. The summed E-state index contributed by atoms with van der Waals surface area (Å²) in [6.07, 6.45) is 1.86. The molecule has 0 amide bonds. The lowest BCUT2D eigenvalue weighted by Crippen LogP contribution is -2.30. The summed E-state index contributed by atoms with van der Waals surface area (Å²) < 4.78 is 8.82. The highest BCUT2D eigenvalue weighted by Gasteiger charge is 2.45. The van der Waals surface area contributed by atoms with Gasteiger partial charge in [0.15, 0.2) is 5.82 Å². The summed E-state index contributed by atoms with van der Waals surface area (Å²) >= 11 is 0. The van der Waals surface area contributed by atoms with E-state index in [1.165, 1.54) is 22.2 Å². The Morgan fingerprint density at radius 2 is 1.25 bits per heavy atom. The zero-order valence-electron chi connectivity index (χ0n) is 30.5. The van der Waals surface area contributed by atoms with Crippen molar-refractivity contribution in [1.29, 1.82) is 0 Å². The van der Waals surface area contributed by atoms with Crippen molar-refractivity contribution in [2.75, 3.05) is 4.90 Å². The lowest BCUT2D eigenvalue weighted by molar-refractivity contribution is 0.449. The molecule has 1 aliphatic rings. The maximum atomic E-state index is 6.50. The molecule has 5 heteroatoms. The predicted molar refractivity (Wildman–Crippen MR) is 225 cm³/mol. The van der Waals surface area contributed by atoms with Crippen molar-refractivity contribution < 1.29 is 4.42 Å². The minimum Gasteiger partial charge on any atom is -0.455 e. The summed E-state index contributed by atoms with van der Waals surface area (Å²) in [5.74, 6) is 0.701. The molecule has 0 saturated carbocycles. The molecular weight excluding hydrogens is 673 g/mol. The number of fused-ring (bicyclic) bond motifs is 8. The zero-order chi connectivity index (χ0) is 36.7. The van der Waals surface area contributed by atoms with Crippen LogP contribution in [0.5, 0.6) is 0 Å². The Balaban J connectivity index is 0.935. The van der Waals surface area contributed by atoms with Crippen molar-refractivity contribution in [2.24, 2.45) is 0 Å². The van der Waals surface area contributed by atoms with Crippen molar-refractivity contribution in [2.45, 2.75) is 25.3 Å². The smallest absolute Gasteiger partial charge is 0.159 e. The molecule has 0 aliphatic carbocycles. The van der Waals surface area contributed by atoms with Gasteiger partial charge in [0, 0.05) is 56.0 Å². The molecule has 0 bridgehead atoms. The van der Waals surface area contributed by atoms with Crippen molar-refractivity contribution in [3.05, 3.63) is 187 Å². The Morgan fingerprint density at radius 3 is 2.09 bits per heavy atom. The summed E-state index contributed by atoms with van der Waals surface area (Å²) in [7, 11) is 0. The molecule has 4 heterocycles. The Kier molecular flexibility index (Phi) is 6.89. The number of anilines is 2. The number of hydrogen-bond donors (Lipinski definition) is 0. The van der Waals surface area contributed by atoms with Crippen LogP contribution >= 0.6 is 0 Å². The van der Waals surface area contributed by atoms with E-state index in [1.54, 1.807) is 0 Å². The summed E-state index contributed by atoms with van der Waals surface area (Å²) in [5, 5.41) is 4.58. The second-order valence-electron chi connectivity index (χ2n) is 15.1. The molecule has 5 nitrogen and oxygen atoms in total. The van der Waals surface area contributed by atoms with Crippen LogP contribution in [0.15, 0.2) is 180 Å². The number of aromatic nitrogens is 3. The SMILES string of the molecule is CC1(C)c2ccccc2N(c2ccc(-c3nccc(-c4ccc(-n5c6ccccc6c6c7oc8ccccc8c7ccc65)cc4)n3)cc2)C1c1ccccc1. The van der Waals surface area contributed by atoms with E-state index in [4.69, 9.17) is 14.4 Å². The number of nitrogens with zero attached hydrogens (tertiary/aromatic N) is 4. The number of para-hydroxylation sites is 3. The lowest BCUT2D eigenvalue weighted by Gasteiger charge is -2.35. The molecular formula is C50H36N4O. The van der Waals surface area contributed by atoms with E-state index in [2.05, 4.69) is 175 Å². The molecule has 10 aromatic rings. The maximum Gasteiger partial charge on any atom is 0.159 e. The van der Waals surface area contributed by atoms with Crippen LogP contribution in [-0.4, -0.2) is 14.5 Å². The van der Waals surface area contributed by atoms with Gasteiger partial charge in [-0.2, -0.15) is 0 Å². The van der Waals surface area contributed by atoms with Crippen LogP contribution in [0.2, 0.25) is 0 Å². The molecule has 0 radical (unpaired) electrons. The molecule has 262 valence electrons. The third-order valence-electron chi connectivity index (χ3n) is 11.6. The van der Waals surface area contributed by atoms with Crippen LogP contribution in [0.4, 0.5) is 11.4 Å². The normalized spacial score (nSPS) is 15.0. The Morgan fingerprint density at radius 1 is 0.564 bits per heavy atom. The molecule has 0 fully saturated rings. The molecule has 1 unspecified atom stereocenters. The quantitative estimate of drug-likeness (QED) is 0.179. The van der Waals surface area contributed by atoms with E-state index < -0.39 is 0 Å². The van der Waals surface area contributed by atoms with Gasteiger partial charge in [0.05, 0.1) is 28.2 Å². The molecule has 0 spiro atoms. The van der Waals surface area contributed by atoms with Gasteiger partial charge < -0.3 is 13.9 Å². The van der Waals surface area contributed by atoms with Crippen LogP contribution in [0, 0.1) is 0 Å². The summed E-state index contributed by atoms with van der Waals surface area (Å²) in [6, 6.07) is 60.4. The first kappa shape index (κ1) is 31.5. The highest BCUT2D eigenvalue weighted by Crippen LogP contribution is 2.55. The van der Waals surface area contributed by atoms with Gasteiger partial charge in [-0.15, -0.1) is 0 Å². The van der Waals surface area contributed by atoms with Gasteiger partial charge in [0.2, 0.25) is 0 Å². The van der Waals surface area contributed by atoms with Gasteiger partial charge in [0.1, 0.15) is 11.2 Å². The van der Waals surface area contributed by atoms with Gasteiger partial charge in [0.25, 0.3) is 0 Å². The van der Waals surface area contributed by atoms with Crippen molar-refractivity contribution >= 4 is 55.1 Å². The second kappa shape index (κ2) is 12.0. The number of furan rings is 1. The molecule has 0 saturated heterocycles. The molecule has 55 heavy (non-hydrogen) atoms. The van der Waals surface area contributed by atoms with Crippen LogP contribution in [0.1, 0.15) is 31.0 Å².